The first-order chi connectivity index (χ1) is 16.9. The van der Waals surface area contributed by atoms with E-state index < -0.39 is 17.1 Å². The summed E-state index contributed by atoms with van der Waals surface area (Å²) in [6.45, 7) is 3.06. The molecule has 0 spiro atoms. The molecule has 35 heavy (non-hydrogen) atoms. The number of likely N-dealkylation sites (N-methyl/N-ethyl adjacent to an activating group) is 1. The maximum absolute atomic E-state index is 12.5. The van der Waals surface area contributed by atoms with Crippen LogP contribution in [0, 0.1) is 6.92 Å². The molecule has 0 saturated carbocycles. The van der Waals surface area contributed by atoms with Crippen molar-refractivity contribution in [1.29, 1.82) is 0 Å². The van der Waals surface area contributed by atoms with Crippen molar-refractivity contribution in [2.45, 2.75) is 19.4 Å². The summed E-state index contributed by atoms with van der Waals surface area (Å²) in [5.74, 6) is 1.41. The van der Waals surface area contributed by atoms with E-state index >= 15 is 0 Å². The fourth-order valence-corrected chi connectivity index (χ4v) is 4.69. The number of aryl methyl sites for hydroxylation is 1. The second-order valence-electron chi connectivity index (χ2n) is 8.58. The Labute approximate surface area is 201 Å². The fourth-order valence-electron chi connectivity index (χ4n) is 4.69. The highest BCUT2D eigenvalue weighted by atomic mass is 16.7. The van der Waals surface area contributed by atoms with Crippen molar-refractivity contribution in [3.8, 4) is 28.8 Å². The van der Waals surface area contributed by atoms with E-state index in [1.807, 2.05) is 32.2 Å². The van der Waals surface area contributed by atoms with E-state index in [0.717, 1.165) is 34.2 Å². The molecule has 0 saturated heterocycles. The summed E-state index contributed by atoms with van der Waals surface area (Å²) in [5, 5.41) is 10.9. The highest BCUT2D eigenvalue weighted by Crippen LogP contribution is 2.49. The first kappa shape index (κ1) is 22.7. The number of nitrogens with zero attached hydrogens (tertiary/aromatic N) is 3. The molecule has 5 rings (SSSR count). The molecule has 3 heterocycles. The molecule has 1 atom stereocenters. The van der Waals surface area contributed by atoms with Gasteiger partial charge in [-0.05, 0) is 43.7 Å². The minimum Gasteiger partial charge on any atom is -0.493 e. The van der Waals surface area contributed by atoms with Crippen LogP contribution in [-0.2, 0) is 6.42 Å². The van der Waals surface area contributed by atoms with Crippen molar-refractivity contribution >= 4 is 6.21 Å². The molecule has 2 aromatic carbocycles. The number of fused-ring (bicyclic) bond motifs is 2. The summed E-state index contributed by atoms with van der Waals surface area (Å²) in [7, 11) is 3.59. The predicted molar refractivity (Wildman–Crippen MR) is 130 cm³/mol. The number of aliphatic imine (C=N–C) groups is 1. The zero-order valence-corrected chi connectivity index (χ0v) is 19.7. The number of rotatable bonds is 5. The van der Waals surface area contributed by atoms with Crippen LogP contribution >= 0.6 is 0 Å². The number of hydrogen-bond acceptors (Lipinski definition) is 8. The van der Waals surface area contributed by atoms with Gasteiger partial charge in [-0.15, -0.1) is 0 Å². The summed E-state index contributed by atoms with van der Waals surface area (Å²) in [4.78, 5) is 33.9. The quantitative estimate of drug-likeness (QED) is 0.538. The lowest BCUT2D eigenvalue weighted by Crippen LogP contribution is -2.34. The van der Waals surface area contributed by atoms with Gasteiger partial charge in [0, 0.05) is 18.3 Å². The number of para-hydroxylation sites is 1. The Morgan fingerprint density at radius 3 is 2.86 bits per heavy atom. The van der Waals surface area contributed by atoms with Crippen molar-refractivity contribution in [1.82, 2.24) is 14.5 Å². The number of aromatic amines is 1. The molecule has 2 N–H and O–H groups in total. The van der Waals surface area contributed by atoms with Gasteiger partial charge in [-0.2, -0.15) is 0 Å². The average molecular weight is 479 g/mol. The molecular formula is C25H26N4O6. The van der Waals surface area contributed by atoms with Crippen molar-refractivity contribution < 1.29 is 19.3 Å². The van der Waals surface area contributed by atoms with Crippen LogP contribution in [-0.4, -0.2) is 59.8 Å². The predicted octanol–water partition coefficient (Wildman–Crippen LogP) is 1.93. The Bertz CT molecular complexity index is 1440. The molecule has 0 fully saturated rings. The van der Waals surface area contributed by atoms with Gasteiger partial charge in [-0.1, -0.05) is 18.2 Å². The zero-order chi connectivity index (χ0) is 24.7. The van der Waals surface area contributed by atoms with Crippen molar-refractivity contribution in [2.24, 2.45) is 4.99 Å². The molecule has 2 aliphatic heterocycles. The van der Waals surface area contributed by atoms with Gasteiger partial charge in [0.25, 0.3) is 5.56 Å². The van der Waals surface area contributed by atoms with E-state index in [0.29, 0.717) is 29.5 Å². The van der Waals surface area contributed by atoms with Crippen LogP contribution in [0.4, 0.5) is 0 Å². The summed E-state index contributed by atoms with van der Waals surface area (Å²) in [6.07, 6.45) is 2.13. The molecular weight excluding hydrogens is 452 g/mol. The van der Waals surface area contributed by atoms with Gasteiger partial charge < -0.3 is 19.3 Å². The lowest BCUT2D eigenvalue weighted by atomic mass is 9.91. The van der Waals surface area contributed by atoms with Crippen LogP contribution in [0.2, 0.25) is 0 Å². The van der Waals surface area contributed by atoms with Crippen LogP contribution in [0.15, 0.2) is 44.9 Å². The highest BCUT2D eigenvalue weighted by Gasteiger charge is 2.33. The van der Waals surface area contributed by atoms with E-state index in [-0.39, 0.29) is 18.4 Å². The lowest BCUT2D eigenvalue weighted by Gasteiger charge is -2.35. The van der Waals surface area contributed by atoms with Gasteiger partial charge in [0.1, 0.15) is 5.56 Å². The maximum atomic E-state index is 12.5. The Hall–Kier alpha value is -4.05. The summed E-state index contributed by atoms with van der Waals surface area (Å²) >= 11 is 0. The summed E-state index contributed by atoms with van der Waals surface area (Å²) in [6, 6.07) is 8.92. The van der Waals surface area contributed by atoms with Crippen molar-refractivity contribution in [3.63, 3.8) is 0 Å². The van der Waals surface area contributed by atoms with Crippen LogP contribution in [0.25, 0.3) is 5.69 Å². The van der Waals surface area contributed by atoms with Gasteiger partial charge in [0.2, 0.25) is 18.4 Å². The molecule has 0 aliphatic carbocycles. The van der Waals surface area contributed by atoms with E-state index in [1.165, 1.54) is 6.21 Å². The minimum atomic E-state index is -0.722. The number of methoxy groups -OCH3 is 1. The minimum absolute atomic E-state index is 0.0933. The van der Waals surface area contributed by atoms with Gasteiger partial charge in [0.05, 0.1) is 25.4 Å². The van der Waals surface area contributed by atoms with Crippen molar-refractivity contribution in [3.05, 3.63) is 73.4 Å². The Balaban J connectivity index is 1.52. The summed E-state index contributed by atoms with van der Waals surface area (Å²) in [5.41, 5.74) is 1.78. The maximum Gasteiger partial charge on any atom is 0.335 e. The average Bonchev–Trinajstić information content (AvgIpc) is 3.30. The molecule has 2 aliphatic rings. The van der Waals surface area contributed by atoms with Crippen molar-refractivity contribution in [2.75, 3.05) is 34.0 Å². The SMILES string of the molecule is COc1c2c(cc3c1[C@@H](CN=Cc1c(O)n(-c4ccccc4C)c(=O)[nH]c1=O)N(C)CC3)OCO2. The monoisotopic (exact) mass is 478 g/mol. The Morgan fingerprint density at radius 1 is 1.29 bits per heavy atom. The van der Waals surface area contributed by atoms with E-state index in [9.17, 15) is 14.7 Å². The molecule has 0 amide bonds. The number of H-pyrrole nitrogens is 1. The third-order valence-corrected chi connectivity index (χ3v) is 6.52. The van der Waals surface area contributed by atoms with Crippen LogP contribution in [0.3, 0.4) is 0 Å². The number of benzene rings is 2. The Kier molecular flexibility index (Phi) is 5.81. The van der Waals surface area contributed by atoms with Gasteiger partial charge in [-0.3, -0.25) is 19.7 Å². The molecule has 10 heteroatoms. The van der Waals surface area contributed by atoms with E-state index in [1.54, 1.807) is 19.2 Å². The van der Waals surface area contributed by atoms with Crippen LogP contribution < -0.4 is 25.5 Å². The molecule has 0 bridgehead atoms. The molecule has 1 aromatic heterocycles. The zero-order valence-electron chi connectivity index (χ0n) is 19.7. The summed E-state index contributed by atoms with van der Waals surface area (Å²) < 4.78 is 18.0. The van der Waals surface area contributed by atoms with E-state index in [2.05, 4.69) is 14.9 Å². The van der Waals surface area contributed by atoms with Crippen LogP contribution in [0.5, 0.6) is 23.1 Å². The standard InChI is InChI=1S/C25H26N4O6/c1-14-6-4-5-7-17(14)29-24(31)16(23(30)27-25(29)32)11-26-12-18-20-15(8-9-28(18)2)10-19-21(22(20)33-3)35-13-34-19/h4-7,10-11,18,31H,8-9,12-13H2,1-3H3,(H,27,30,32)/t18-/m1/s1. The van der Waals surface area contributed by atoms with Crippen LogP contribution in [0.1, 0.15) is 28.3 Å². The fraction of sp³-hybridized carbons (Fsp3) is 0.320. The number of aromatic hydroxyl groups is 1. The second-order valence-corrected chi connectivity index (χ2v) is 8.58. The Morgan fingerprint density at radius 2 is 2.09 bits per heavy atom. The first-order valence-electron chi connectivity index (χ1n) is 11.2. The topological polar surface area (TPSA) is 118 Å². The third-order valence-electron chi connectivity index (χ3n) is 6.52. The molecule has 3 aromatic rings. The third kappa shape index (κ3) is 3.85. The number of nitrogens with one attached hydrogen (secondary N) is 1. The molecule has 10 nitrogen and oxygen atoms in total. The smallest absolute Gasteiger partial charge is 0.335 e. The highest BCUT2D eigenvalue weighted by molar-refractivity contribution is 5.82. The lowest BCUT2D eigenvalue weighted by molar-refractivity contribution is 0.170. The van der Waals surface area contributed by atoms with Gasteiger partial charge >= 0.3 is 5.69 Å². The number of ether oxygens (including phenoxy) is 3. The van der Waals surface area contributed by atoms with Gasteiger partial charge in [-0.25, -0.2) is 9.36 Å². The molecule has 182 valence electrons. The normalized spacial score (nSPS) is 17.1. The molecule has 0 radical (unpaired) electrons. The molecule has 0 unspecified atom stereocenters. The number of aromatic nitrogens is 2. The number of hydrogen-bond donors (Lipinski definition) is 2. The van der Waals surface area contributed by atoms with Gasteiger partial charge in [0.15, 0.2) is 11.5 Å². The largest absolute Gasteiger partial charge is 0.493 e. The van der Waals surface area contributed by atoms with E-state index in [4.69, 9.17) is 14.2 Å². The second kappa shape index (κ2) is 8.95. The first-order valence-corrected chi connectivity index (χ1v) is 11.2.